The molecule has 4 fully saturated rings. The van der Waals surface area contributed by atoms with Crippen LogP contribution in [0.25, 0.3) is 0 Å². The molecule has 270 valence electrons. The number of esters is 1. The van der Waals surface area contributed by atoms with Crippen LogP contribution in [0.5, 0.6) is 0 Å². The second kappa shape index (κ2) is 15.8. The van der Waals surface area contributed by atoms with Gasteiger partial charge in [-0.1, -0.05) is 20.8 Å². The summed E-state index contributed by atoms with van der Waals surface area (Å²) in [6.45, 7) is 14.9. The molecule has 13 nitrogen and oxygen atoms in total. The Morgan fingerprint density at radius 2 is 1.79 bits per heavy atom. The average Bonchev–Trinajstić information content (AvgIpc) is 3.81. The third kappa shape index (κ3) is 8.66. The third-order valence-corrected chi connectivity index (χ3v) is 11.0. The molecule has 1 amide bonds. The van der Waals surface area contributed by atoms with Gasteiger partial charge in [0, 0.05) is 31.7 Å². The molecule has 0 aromatic rings. The third-order valence-electron chi connectivity index (χ3n) is 11.0. The molecule has 4 rings (SSSR count). The molecule has 13 atom stereocenters. The van der Waals surface area contributed by atoms with E-state index in [1.54, 1.807) is 28.0 Å². The molecule has 0 bridgehead atoms. The summed E-state index contributed by atoms with van der Waals surface area (Å²) < 4.78 is 31.0. The predicted octanol–water partition coefficient (Wildman–Crippen LogP) is 1.89. The van der Waals surface area contributed by atoms with E-state index in [0.29, 0.717) is 38.3 Å². The van der Waals surface area contributed by atoms with Crippen molar-refractivity contribution in [3.05, 3.63) is 0 Å². The van der Waals surface area contributed by atoms with Gasteiger partial charge in [-0.15, -0.1) is 0 Å². The van der Waals surface area contributed by atoms with Crippen LogP contribution in [0.4, 0.5) is 4.79 Å². The van der Waals surface area contributed by atoms with E-state index in [4.69, 9.17) is 23.7 Å². The molecule has 0 spiro atoms. The summed E-state index contributed by atoms with van der Waals surface area (Å²) in [4.78, 5) is 40.2. The van der Waals surface area contributed by atoms with E-state index in [1.165, 1.54) is 19.8 Å². The predicted molar refractivity (Wildman–Crippen MR) is 175 cm³/mol. The van der Waals surface area contributed by atoms with Gasteiger partial charge in [-0.3, -0.25) is 9.59 Å². The quantitative estimate of drug-likeness (QED) is 0.179. The number of amides is 1. The molecule has 3 heterocycles. The zero-order valence-electron chi connectivity index (χ0n) is 29.8. The highest BCUT2D eigenvalue weighted by molar-refractivity contribution is 6.00. The second-order valence-electron chi connectivity index (χ2n) is 14.9. The van der Waals surface area contributed by atoms with Gasteiger partial charge in [0.1, 0.15) is 18.1 Å². The first kappa shape index (κ1) is 37.9. The number of ketones is 1. The Balaban J connectivity index is 1.64. The van der Waals surface area contributed by atoms with Gasteiger partial charge in [0.25, 0.3) is 0 Å². The maximum Gasteiger partial charge on any atom is 0.408 e. The number of likely N-dealkylation sites (N-methyl/N-ethyl adjacent to an activating group) is 1. The van der Waals surface area contributed by atoms with Crippen LogP contribution in [0, 0.1) is 23.7 Å². The lowest BCUT2D eigenvalue weighted by Crippen LogP contribution is -2.60. The molecule has 0 aromatic carbocycles. The van der Waals surface area contributed by atoms with Gasteiger partial charge in [0.05, 0.1) is 23.9 Å². The van der Waals surface area contributed by atoms with Crippen LogP contribution in [-0.2, 0) is 33.3 Å². The number of carbonyl (C=O) groups excluding carboxylic acids is 3. The first-order valence-corrected chi connectivity index (χ1v) is 17.6. The monoisotopic (exact) mass is 668 g/mol. The smallest absolute Gasteiger partial charge is 0.408 e. The molecule has 13 heteroatoms. The summed E-state index contributed by atoms with van der Waals surface area (Å²) in [6, 6.07) is -1.01. The van der Waals surface area contributed by atoms with E-state index in [9.17, 15) is 19.5 Å². The van der Waals surface area contributed by atoms with Crippen LogP contribution >= 0.6 is 0 Å². The standard InChI is InChI=1S/C34H60N4O9/c1-10-25-34(7)28(38-32(42)47-34)21(5)37-15-18(2)14-33(6,43-9)29(19(3)26(39)20(4)30(41)45-25)46-31-27(40)24(35-8)13-23(44-31)17-36-16-22-11-12-22/h18-25,27-29,31,35-37,40H,10-17H2,1-9H3,(H,38,42)/t18-,19+,20-,21-,23?,24?,25-,27?,28-,29-,31+,33-,34-/m1/s1. The largest absolute Gasteiger partial charge is 0.458 e. The van der Waals surface area contributed by atoms with Gasteiger partial charge in [-0.05, 0) is 91.8 Å². The summed E-state index contributed by atoms with van der Waals surface area (Å²) in [6.07, 6.45) is -0.544. The number of carbonyl (C=O) groups is 3. The van der Waals surface area contributed by atoms with Crippen LogP contribution in [0.1, 0.15) is 80.6 Å². The number of Topliss-reactive ketones (excluding diaryl/α,β-unsaturated/α-hetero) is 1. The van der Waals surface area contributed by atoms with Gasteiger partial charge in [-0.25, -0.2) is 4.79 Å². The molecule has 3 unspecified atom stereocenters. The van der Waals surface area contributed by atoms with Crippen LogP contribution in [0.3, 0.4) is 0 Å². The molecule has 3 aliphatic heterocycles. The molecule has 47 heavy (non-hydrogen) atoms. The Hall–Kier alpha value is -1.87. The number of rotatable bonds is 9. The van der Waals surface area contributed by atoms with Crippen LogP contribution in [-0.4, -0.2) is 117 Å². The average molecular weight is 669 g/mol. The normalized spacial score (nSPS) is 44.0. The maximum absolute atomic E-state index is 14.1. The van der Waals surface area contributed by atoms with E-state index in [0.717, 1.165) is 6.54 Å². The van der Waals surface area contributed by atoms with Crippen molar-refractivity contribution in [1.82, 2.24) is 21.3 Å². The summed E-state index contributed by atoms with van der Waals surface area (Å²) >= 11 is 0. The molecular weight excluding hydrogens is 608 g/mol. The lowest BCUT2D eigenvalue weighted by atomic mass is 9.78. The minimum absolute atomic E-state index is 0.0316. The van der Waals surface area contributed by atoms with Crippen molar-refractivity contribution in [2.24, 2.45) is 23.7 Å². The number of aliphatic hydroxyl groups excluding tert-OH is 1. The van der Waals surface area contributed by atoms with Crippen LogP contribution in [0.2, 0.25) is 0 Å². The Morgan fingerprint density at radius 1 is 1.09 bits per heavy atom. The van der Waals surface area contributed by atoms with E-state index < -0.39 is 65.7 Å². The molecule has 4 aliphatic rings. The number of nitrogens with one attached hydrogen (secondary N) is 4. The molecule has 5 N–H and O–H groups in total. The molecule has 1 aliphatic carbocycles. The van der Waals surface area contributed by atoms with Crippen LogP contribution in [0.15, 0.2) is 0 Å². The van der Waals surface area contributed by atoms with E-state index in [-0.39, 0.29) is 29.9 Å². The van der Waals surface area contributed by atoms with Gasteiger partial charge in [0.2, 0.25) is 0 Å². The fourth-order valence-corrected chi connectivity index (χ4v) is 7.72. The maximum atomic E-state index is 14.1. The zero-order valence-corrected chi connectivity index (χ0v) is 29.8. The van der Waals surface area contributed by atoms with Gasteiger partial charge < -0.3 is 50.1 Å². The Bertz CT molecular complexity index is 1090. The summed E-state index contributed by atoms with van der Waals surface area (Å²) in [5.41, 5.74) is -2.16. The number of hydrogen-bond acceptors (Lipinski definition) is 12. The van der Waals surface area contributed by atoms with E-state index >= 15 is 0 Å². The Morgan fingerprint density at radius 3 is 2.40 bits per heavy atom. The van der Waals surface area contributed by atoms with Crippen LogP contribution < -0.4 is 21.3 Å². The SMILES string of the molecule is CC[C@H]1OC(=O)[C@H](C)C(=O)[C@H](C)[C@@H](O[C@@H]2OC(CNCC3CC3)CC(NC)C2O)[C@](C)(OC)C[C@@H](C)CN[C@H](C)[C@H]2NC(=O)O[C@@]21C. The number of fused-ring (bicyclic) bond motifs is 1. The number of hydrogen-bond donors (Lipinski definition) is 5. The minimum Gasteiger partial charge on any atom is -0.458 e. The number of methoxy groups -OCH3 is 1. The number of cyclic esters (lactones) is 1. The fraction of sp³-hybridized carbons (Fsp3) is 0.912. The summed E-state index contributed by atoms with van der Waals surface area (Å²) in [5.74, 6) is -2.31. The Kier molecular flexibility index (Phi) is 12.7. The molecule has 1 saturated carbocycles. The topological polar surface area (TPSA) is 166 Å². The van der Waals surface area contributed by atoms with Crippen molar-refractivity contribution in [1.29, 1.82) is 0 Å². The van der Waals surface area contributed by atoms with Gasteiger partial charge in [0.15, 0.2) is 17.7 Å². The highest BCUT2D eigenvalue weighted by atomic mass is 16.7. The van der Waals surface area contributed by atoms with Crippen molar-refractivity contribution in [2.75, 3.05) is 33.8 Å². The van der Waals surface area contributed by atoms with Crippen molar-refractivity contribution in [3.63, 3.8) is 0 Å². The van der Waals surface area contributed by atoms with Gasteiger partial charge >= 0.3 is 12.1 Å². The number of ether oxygens (including phenoxy) is 5. The minimum atomic E-state index is -1.15. The van der Waals surface area contributed by atoms with E-state index in [1.807, 2.05) is 20.8 Å². The lowest BCUT2D eigenvalue weighted by Gasteiger charge is -2.46. The molecule has 3 saturated heterocycles. The summed E-state index contributed by atoms with van der Waals surface area (Å²) in [5, 5.41) is 24.5. The summed E-state index contributed by atoms with van der Waals surface area (Å²) in [7, 11) is 3.39. The number of alkyl carbamates (subject to hydrolysis) is 1. The van der Waals surface area contributed by atoms with Crippen molar-refractivity contribution in [2.45, 2.75) is 141 Å². The first-order valence-electron chi connectivity index (χ1n) is 17.6. The molecule has 0 aromatic heterocycles. The second-order valence-corrected chi connectivity index (χ2v) is 14.9. The highest BCUT2D eigenvalue weighted by Crippen LogP contribution is 2.37. The fourth-order valence-electron chi connectivity index (χ4n) is 7.72. The Labute approximate surface area is 280 Å². The van der Waals surface area contributed by atoms with Crippen molar-refractivity contribution in [3.8, 4) is 0 Å². The van der Waals surface area contributed by atoms with Gasteiger partial charge in [-0.2, -0.15) is 0 Å². The first-order chi connectivity index (χ1) is 22.2. The molecule has 0 radical (unpaired) electrons. The zero-order chi connectivity index (χ0) is 34.7. The number of aliphatic hydroxyl groups is 1. The molecular formula is C34H60N4O9. The lowest BCUT2D eigenvalue weighted by molar-refractivity contribution is -0.291. The van der Waals surface area contributed by atoms with E-state index in [2.05, 4.69) is 28.2 Å². The van der Waals surface area contributed by atoms with Crippen molar-refractivity contribution < 1.29 is 43.2 Å². The van der Waals surface area contributed by atoms with Crippen molar-refractivity contribution >= 4 is 17.8 Å². The highest BCUT2D eigenvalue weighted by Gasteiger charge is 2.55.